The number of nitrogens with zero attached hydrogens (tertiary/aromatic N) is 3. The summed E-state index contributed by atoms with van der Waals surface area (Å²) in [5.74, 6) is 1.42. The first-order chi connectivity index (χ1) is 9.22. The first-order valence-corrected chi connectivity index (χ1v) is 6.33. The van der Waals surface area contributed by atoms with Gasteiger partial charge in [0.25, 0.3) is 0 Å². The lowest BCUT2D eigenvalue weighted by Gasteiger charge is -2.17. The number of anilines is 1. The minimum absolute atomic E-state index is 0.145. The van der Waals surface area contributed by atoms with Crippen LogP contribution < -0.4 is 10.1 Å². The number of rotatable bonds is 5. The Labute approximate surface area is 113 Å². The first-order valence-electron chi connectivity index (χ1n) is 6.33. The van der Waals surface area contributed by atoms with E-state index in [-0.39, 0.29) is 6.04 Å². The highest BCUT2D eigenvalue weighted by Gasteiger charge is 2.11. The van der Waals surface area contributed by atoms with E-state index in [2.05, 4.69) is 27.2 Å². The molecule has 0 spiro atoms. The third kappa shape index (κ3) is 3.19. The van der Waals surface area contributed by atoms with Crippen LogP contribution in [0.3, 0.4) is 0 Å². The van der Waals surface area contributed by atoms with Crippen molar-refractivity contribution in [2.24, 2.45) is 0 Å². The predicted octanol–water partition coefficient (Wildman–Crippen LogP) is 2.75. The van der Waals surface area contributed by atoms with E-state index in [0.717, 1.165) is 16.9 Å². The normalized spacial score (nSPS) is 11.9. The maximum atomic E-state index is 5.46. The van der Waals surface area contributed by atoms with Gasteiger partial charge in [0, 0.05) is 12.4 Å². The quantitative estimate of drug-likeness (QED) is 0.893. The van der Waals surface area contributed by atoms with Crippen LogP contribution in [0.25, 0.3) is 0 Å². The van der Waals surface area contributed by atoms with Crippen molar-refractivity contribution in [3.05, 3.63) is 42.0 Å². The van der Waals surface area contributed by atoms with Gasteiger partial charge in [-0.3, -0.25) is 4.98 Å². The highest BCUT2D eigenvalue weighted by atomic mass is 16.5. The van der Waals surface area contributed by atoms with Gasteiger partial charge in [-0.1, -0.05) is 0 Å². The van der Waals surface area contributed by atoms with Crippen molar-refractivity contribution < 1.29 is 4.74 Å². The molecule has 0 radical (unpaired) electrons. The lowest BCUT2D eigenvalue weighted by Crippen LogP contribution is -2.10. The standard InChI is InChI=1S/C14H18N4O/c1-4-19-14-10(2)13(16-9-17-14)18-11(3)12-5-7-15-8-6-12/h5-9,11H,4H2,1-3H3,(H,16,17,18). The molecule has 0 aliphatic heterocycles. The summed E-state index contributed by atoms with van der Waals surface area (Å²) < 4.78 is 5.46. The van der Waals surface area contributed by atoms with Gasteiger partial charge >= 0.3 is 0 Å². The van der Waals surface area contributed by atoms with Crippen LogP contribution in [-0.2, 0) is 0 Å². The smallest absolute Gasteiger partial charge is 0.221 e. The van der Waals surface area contributed by atoms with Crippen LogP contribution in [0.5, 0.6) is 5.88 Å². The molecule has 2 aromatic heterocycles. The Kier molecular flexibility index (Phi) is 4.28. The van der Waals surface area contributed by atoms with E-state index >= 15 is 0 Å². The third-order valence-electron chi connectivity index (χ3n) is 2.88. The molecule has 1 unspecified atom stereocenters. The van der Waals surface area contributed by atoms with Gasteiger partial charge in [-0.25, -0.2) is 9.97 Å². The predicted molar refractivity (Wildman–Crippen MR) is 74.2 cm³/mol. The van der Waals surface area contributed by atoms with Gasteiger partial charge in [0.2, 0.25) is 5.88 Å². The molecule has 5 heteroatoms. The molecule has 5 nitrogen and oxygen atoms in total. The Bertz CT molecular complexity index is 530. The van der Waals surface area contributed by atoms with Crippen LogP contribution in [0, 0.1) is 6.92 Å². The van der Waals surface area contributed by atoms with Gasteiger partial charge in [0.15, 0.2) is 0 Å². The van der Waals surface area contributed by atoms with E-state index < -0.39 is 0 Å². The van der Waals surface area contributed by atoms with Gasteiger partial charge in [0.05, 0.1) is 18.2 Å². The number of nitrogens with one attached hydrogen (secondary N) is 1. The van der Waals surface area contributed by atoms with Crippen LogP contribution in [0.2, 0.25) is 0 Å². The van der Waals surface area contributed by atoms with E-state index in [1.165, 1.54) is 6.33 Å². The Morgan fingerprint density at radius 3 is 2.68 bits per heavy atom. The van der Waals surface area contributed by atoms with Crippen LogP contribution in [0.4, 0.5) is 5.82 Å². The molecule has 2 rings (SSSR count). The zero-order valence-corrected chi connectivity index (χ0v) is 11.4. The largest absolute Gasteiger partial charge is 0.478 e. The number of hydrogen-bond donors (Lipinski definition) is 1. The monoisotopic (exact) mass is 258 g/mol. The fraction of sp³-hybridized carbons (Fsp3) is 0.357. The van der Waals surface area contributed by atoms with Crippen molar-refractivity contribution in [1.82, 2.24) is 15.0 Å². The second kappa shape index (κ2) is 6.13. The lowest BCUT2D eigenvalue weighted by atomic mass is 10.1. The molecule has 2 heterocycles. The summed E-state index contributed by atoms with van der Waals surface area (Å²) >= 11 is 0. The molecule has 2 aromatic rings. The molecule has 0 saturated heterocycles. The van der Waals surface area contributed by atoms with Crippen LogP contribution >= 0.6 is 0 Å². The van der Waals surface area contributed by atoms with Gasteiger partial charge in [-0.05, 0) is 38.5 Å². The van der Waals surface area contributed by atoms with Crippen LogP contribution in [0.15, 0.2) is 30.9 Å². The van der Waals surface area contributed by atoms with Gasteiger partial charge in [0.1, 0.15) is 12.1 Å². The number of pyridine rings is 1. The Morgan fingerprint density at radius 2 is 2.00 bits per heavy atom. The van der Waals surface area contributed by atoms with Gasteiger partial charge in [-0.2, -0.15) is 0 Å². The summed E-state index contributed by atoms with van der Waals surface area (Å²) in [5, 5.41) is 3.37. The van der Waals surface area contributed by atoms with Crippen molar-refractivity contribution in [3.63, 3.8) is 0 Å². The van der Waals surface area contributed by atoms with E-state index in [4.69, 9.17) is 4.74 Å². The minimum atomic E-state index is 0.145. The van der Waals surface area contributed by atoms with Gasteiger partial charge in [-0.15, -0.1) is 0 Å². The van der Waals surface area contributed by atoms with E-state index in [9.17, 15) is 0 Å². The molecule has 1 N–H and O–H groups in total. The second-order valence-corrected chi connectivity index (χ2v) is 4.23. The molecule has 0 aliphatic carbocycles. The molecule has 0 bridgehead atoms. The molecule has 0 saturated carbocycles. The van der Waals surface area contributed by atoms with Crippen LogP contribution in [-0.4, -0.2) is 21.6 Å². The summed E-state index contributed by atoms with van der Waals surface area (Å²) in [6.07, 6.45) is 5.08. The van der Waals surface area contributed by atoms with Crippen molar-refractivity contribution in [2.75, 3.05) is 11.9 Å². The number of aromatic nitrogens is 3. The molecular formula is C14H18N4O. The molecule has 0 fully saturated rings. The third-order valence-corrected chi connectivity index (χ3v) is 2.88. The highest BCUT2D eigenvalue weighted by Crippen LogP contribution is 2.24. The molecule has 1 atom stereocenters. The van der Waals surface area contributed by atoms with E-state index in [0.29, 0.717) is 12.5 Å². The van der Waals surface area contributed by atoms with Crippen molar-refractivity contribution in [1.29, 1.82) is 0 Å². The SMILES string of the molecule is CCOc1ncnc(NC(C)c2ccncc2)c1C. The van der Waals surface area contributed by atoms with Crippen molar-refractivity contribution in [3.8, 4) is 5.88 Å². The fourth-order valence-corrected chi connectivity index (χ4v) is 1.80. The summed E-state index contributed by atoms with van der Waals surface area (Å²) in [7, 11) is 0. The highest BCUT2D eigenvalue weighted by molar-refractivity contribution is 5.49. The maximum absolute atomic E-state index is 5.46. The van der Waals surface area contributed by atoms with Crippen LogP contribution in [0.1, 0.15) is 31.0 Å². The zero-order chi connectivity index (χ0) is 13.7. The van der Waals surface area contributed by atoms with Crippen molar-refractivity contribution in [2.45, 2.75) is 26.8 Å². The minimum Gasteiger partial charge on any atom is -0.478 e. The summed E-state index contributed by atoms with van der Waals surface area (Å²) in [6.45, 7) is 6.56. The van der Waals surface area contributed by atoms with E-state index in [1.807, 2.05) is 26.0 Å². The van der Waals surface area contributed by atoms with E-state index in [1.54, 1.807) is 12.4 Å². The number of ether oxygens (including phenoxy) is 1. The summed E-state index contributed by atoms with van der Waals surface area (Å²) in [4.78, 5) is 12.4. The Hall–Kier alpha value is -2.17. The van der Waals surface area contributed by atoms with Crippen molar-refractivity contribution >= 4 is 5.82 Å². The molecule has 100 valence electrons. The molecular weight excluding hydrogens is 240 g/mol. The molecule has 0 amide bonds. The zero-order valence-electron chi connectivity index (χ0n) is 11.4. The Balaban J connectivity index is 2.17. The lowest BCUT2D eigenvalue weighted by molar-refractivity contribution is 0.324. The average Bonchev–Trinajstić information content (AvgIpc) is 2.44. The first kappa shape index (κ1) is 13.3. The molecule has 19 heavy (non-hydrogen) atoms. The molecule has 0 aromatic carbocycles. The summed E-state index contributed by atoms with van der Waals surface area (Å²) in [5.41, 5.74) is 2.08. The second-order valence-electron chi connectivity index (χ2n) is 4.23. The molecule has 0 aliphatic rings. The Morgan fingerprint density at radius 1 is 1.26 bits per heavy atom. The topological polar surface area (TPSA) is 59.9 Å². The summed E-state index contributed by atoms with van der Waals surface area (Å²) in [6, 6.07) is 4.11. The average molecular weight is 258 g/mol. The fourth-order valence-electron chi connectivity index (χ4n) is 1.80. The maximum Gasteiger partial charge on any atom is 0.221 e. The van der Waals surface area contributed by atoms with Gasteiger partial charge < -0.3 is 10.1 Å². The number of hydrogen-bond acceptors (Lipinski definition) is 5.